The number of aromatic nitrogens is 2. The van der Waals surface area contributed by atoms with Crippen molar-refractivity contribution in [3.8, 4) is 11.3 Å². The summed E-state index contributed by atoms with van der Waals surface area (Å²) in [6, 6.07) is 7.64. The minimum absolute atomic E-state index is 0.412. The lowest BCUT2D eigenvalue weighted by Crippen LogP contribution is -2.33. The highest BCUT2D eigenvalue weighted by Crippen LogP contribution is 2.23. The lowest BCUT2D eigenvalue weighted by Gasteiger charge is -2.19. The van der Waals surface area contributed by atoms with E-state index in [1.54, 1.807) is 6.20 Å². The number of hydrogen-bond acceptors (Lipinski definition) is 2. The maximum Gasteiger partial charge on any atom is 0.126 e. The molecule has 1 atom stereocenters. The van der Waals surface area contributed by atoms with Crippen molar-refractivity contribution < 1.29 is 0 Å². The Kier molecular flexibility index (Phi) is 3.22. The zero-order valence-corrected chi connectivity index (χ0v) is 10.8. The van der Waals surface area contributed by atoms with Crippen LogP contribution in [-0.4, -0.2) is 9.97 Å². The van der Waals surface area contributed by atoms with Crippen molar-refractivity contribution in [1.82, 2.24) is 9.97 Å². The molecule has 0 aliphatic carbocycles. The molecule has 4 heteroatoms. The molecule has 0 spiro atoms. The van der Waals surface area contributed by atoms with Crippen molar-refractivity contribution in [3.05, 3.63) is 41.3 Å². The monoisotopic (exact) mass is 249 g/mol. The van der Waals surface area contributed by atoms with Gasteiger partial charge in [-0.05, 0) is 31.0 Å². The van der Waals surface area contributed by atoms with E-state index in [4.69, 9.17) is 17.3 Å². The quantitative estimate of drug-likeness (QED) is 0.877. The molecule has 0 aliphatic heterocycles. The molecule has 90 valence electrons. The molecular weight excluding hydrogens is 234 g/mol. The third kappa shape index (κ3) is 2.51. The zero-order chi connectivity index (χ0) is 12.5. The van der Waals surface area contributed by atoms with Crippen LogP contribution in [0.1, 0.15) is 26.1 Å². The second-order valence-electron chi connectivity index (χ2n) is 4.42. The second kappa shape index (κ2) is 4.51. The van der Waals surface area contributed by atoms with Gasteiger partial charge in [-0.25, -0.2) is 4.98 Å². The van der Waals surface area contributed by atoms with E-state index in [-0.39, 0.29) is 0 Å². The van der Waals surface area contributed by atoms with Gasteiger partial charge in [0.15, 0.2) is 0 Å². The number of H-pyrrole nitrogens is 1. The molecule has 0 bridgehead atoms. The topological polar surface area (TPSA) is 54.7 Å². The van der Waals surface area contributed by atoms with Crippen LogP contribution in [0.3, 0.4) is 0 Å². The molecule has 0 saturated carbocycles. The molecule has 1 unspecified atom stereocenters. The number of halogens is 1. The van der Waals surface area contributed by atoms with Gasteiger partial charge in [0.2, 0.25) is 0 Å². The molecule has 2 rings (SSSR count). The number of benzene rings is 1. The van der Waals surface area contributed by atoms with Crippen molar-refractivity contribution in [2.24, 2.45) is 5.73 Å². The van der Waals surface area contributed by atoms with E-state index in [0.717, 1.165) is 28.5 Å². The average Bonchev–Trinajstić information content (AvgIpc) is 2.80. The first kappa shape index (κ1) is 12.1. The smallest absolute Gasteiger partial charge is 0.126 e. The van der Waals surface area contributed by atoms with E-state index in [2.05, 4.69) is 9.97 Å². The summed E-state index contributed by atoms with van der Waals surface area (Å²) in [5, 5.41) is 0.728. The normalized spacial score (nSPS) is 14.6. The molecule has 3 N–H and O–H groups in total. The molecule has 0 radical (unpaired) electrons. The van der Waals surface area contributed by atoms with Gasteiger partial charge in [0.05, 0.1) is 17.4 Å². The van der Waals surface area contributed by atoms with Crippen molar-refractivity contribution in [3.63, 3.8) is 0 Å². The number of imidazole rings is 1. The molecule has 0 fully saturated rings. The van der Waals surface area contributed by atoms with E-state index < -0.39 is 5.54 Å². The van der Waals surface area contributed by atoms with Crippen LogP contribution in [0.5, 0.6) is 0 Å². The molecule has 1 aromatic carbocycles. The van der Waals surface area contributed by atoms with Crippen LogP contribution in [0.15, 0.2) is 30.5 Å². The van der Waals surface area contributed by atoms with Crippen molar-refractivity contribution in [2.75, 3.05) is 0 Å². The Morgan fingerprint density at radius 3 is 2.59 bits per heavy atom. The number of rotatable bonds is 3. The van der Waals surface area contributed by atoms with Gasteiger partial charge >= 0.3 is 0 Å². The number of nitrogens with two attached hydrogens (primary N) is 1. The van der Waals surface area contributed by atoms with Crippen molar-refractivity contribution in [1.29, 1.82) is 0 Å². The molecule has 1 aromatic heterocycles. The molecule has 1 heterocycles. The fraction of sp³-hybridized carbons (Fsp3) is 0.308. The first-order valence-corrected chi connectivity index (χ1v) is 6.01. The largest absolute Gasteiger partial charge is 0.340 e. The fourth-order valence-electron chi connectivity index (χ4n) is 1.56. The van der Waals surface area contributed by atoms with E-state index in [1.165, 1.54) is 0 Å². The minimum atomic E-state index is -0.412. The Hall–Kier alpha value is -1.32. The summed E-state index contributed by atoms with van der Waals surface area (Å²) in [7, 11) is 0. The van der Waals surface area contributed by atoms with Crippen molar-refractivity contribution in [2.45, 2.75) is 25.8 Å². The first-order chi connectivity index (χ1) is 8.03. The lowest BCUT2D eigenvalue weighted by atomic mass is 10.00. The van der Waals surface area contributed by atoms with Gasteiger partial charge < -0.3 is 10.7 Å². The molecule has 3 nitrogen and oxygen atoms in total. The molecule has 0 aliphatic rings. The van der Waals surface area contributed by atoms with Crippen LogP contribution >= 0.6 is 11.6 Å². The Morgan fingerprint density at radius 1 is 1.35 bits per heavy atom. The van der Waals surface area contributed by atoms with Gasteiger partial charge in [0.25, 0.3) is 0 Å². The SMILES string of the molecule is CCC(C)(N)c1ncc(-c2ccc(Cl)cc2)[nH]1. The summed E-state index contributed by atoms with van der Waals surface area (Å²) in [4.78, 5) is 7.60. The van der Waals surface area contributed by atoms with Crippen LogP contribution in [0.25, 0.3) is 11.3 Å². The van der Waals surface area contributed by atoms with Crippen molar-refractivity contribution >= 4 is 11.6 Å². The van der Waals surface area contributed by atoms with Gasteiger partial charge in [-0.3, -0.25) is 0 Å². The maximum absolute atomic E-state index is 6.14. The fourth-order valence-corrected chi connectivity index (χ4v) is 1.68. The Morgan fingerprint density at radius 2 is 2.00 bits per heavy atom. The highest BCUT2D eigenvalue weighted by molar-refractivity contribution is 6.30. The maximum atomic E-state index is 6.14. The second-order valence-corrected chi connectivity index (χ2v) is 4.86. The summed E-state index contributed by atoms with van der Waals surface area (Å²) >= 11 is 5.85. The van der Waals surface area contributed by atoms with Crippen LogP contribution in [0.4, 0.5) is 0 Å². The summed E-state index contributed by atoms with van der Waals surface area (Å²) in [6.07, 6.45) is 2.64. The molecule has 2 aromatic rings. The molecular formula is C13H16ClN3. The number of nitrogens with zero attached hydrogens (tertiary/aromatic N) is 1. The minimum Gasteiger partial charge on any atom is -0.340 e. The highest BCUT2D eigenvalue weighted by atomic mass is 35.5. The first-order valence-electron chi connectivity index (χ1n) is 5.63. The predicted molar refractivity (Wildman–Crippen MR) is 70.9 cm³/mol. The Labute approximate surface area is 106 Å². The van der Waals surface area contributed by atoms with E-state index in [9.17, 15) is 0 Å². The average molecular weight is 250 g/mol. The standard InChI is InChI=1S/C13H16ClN3/c1-3-13(2,15)12-16-8-11(17-12)9-4-6-10(14)7-5-9/h4-8H,3,15H2,1-2H3,(H,16,17). The van der Waals surface area contributed by atoms with Crippen LogP contribution in [-0.2, 0) is 5.54 Å². The lowest BCUT2D eigenvalue weighted by molar-refractivity contribution is 0.450. The van der Waals surface area contributed by atoms with Gasteiger partial charge in [-0.15, -0.1) is 0 Å². The van der Waals surface area contributed by atoms with Crippen LogP contribution < -0.4 is 5.73 Å². The van der Waals surface area contributed by atoms with E-state index in [0.29, 0.717) is 0 Å². The number of hydrogen-bond donors (Lipinski definition) is 2. The van der Waals surface area contributed by atoms with Gasteiger partial charge in [-0.1, -0.05) is 30.7 Å². The summed E-state index contributed by atoms with van der Waals surface area (Å²) in [5.41, 5.74) is 7.74. The zero-order valence-electron chi connectivity index (χ0n) is 10.00. The third-order valence-corrected chi connectivity index (χ3v) is 3.26. The molecule has 17 heavy (non-hydrogen) atoms. The molecule has 0 saturated heterocycles. The van der Waals surface area contributed by atoms with Gasteiger partial charge in [0, 0.05) is 5.02 Å². The number of nitrogens with one attached hydrogen (secondary N) is 1. The Bertz CT molecular complexity index is 500. The highest BCUT2D eigenvalue weighted by Gasteiger charge is 2.22. The number of aromatic amines is 1. The summed E-state index contributed by atoms with van der Waals surface area (Å²) in [5.74, 6) is 0.810. The summed E-state index contributed by atoms with van der Waals surface area (Å²) in [6.45, 7) is 4.02. The van der Waals surface area contributed by atoms with Crippen LogP contribution in [0.2, 0.25) is 5.02 Å². The third-order valence-electron chi connectivity index (χ3n) is 3.01. The van der Waals surface area contributed by atoms with Gasteiger partial charge in [0.1, 0.15) is 5.82 Å². The predicted octanol–water partition coefficient (Wildman–Crippen LogP) is 3.31. The van der Waals surface area contributed by atoms with Crippen LogP contribution in [0, 0.1) is 0 Å². The van der Waals surface area contributed by atoms with Gasteiger partial charge in [-0.2, -0.15) is 0 Å². The van der Waals surface area contributed by atoms with E-state index >= 15 is 0 Å². The Balaban J connectivity index is 2.33. The van der Waals surface area contributed by atoms with E-state index in [1.807, 2.05) is 38.1 Å². The summed E-state index contributed by atoms with van der Waals surface area (Å²) < 4.78 is 0. The molecule has 0 amide bonds.